The number of hydrogen-bond acceptors (Lipinski definition) is 5. The number of hydrogen-bond donors (Lipinski definition) is 2. The molecule has 2 aromatic carbocycles. The number of carbonyl (C=O) groups excluding carboxylic acids is 1. The van der Waals surface area contributed by atoms with Gasteiger partial charge in [-0.1, -0.05) is 6.92 Å². The summed E-state index contributed by atoms with van der Waals surface area (Å²) < 4.78 is 57.4. The Bertz CT molecular complexity index is 935. The molecule has 2 aromatic rings. The Morgan fingerprint density at radius 2 is 1.87 bits per heavy atom. The van der Waals surface area contributed by atoms with Crippen LogP contribution in [0.25, 0.3) is 0 Å². The molecule has 0 aliphatic carbocycles. The number of alkyl halides is 3. The number of nitriles is 1. The average molecular weight is 424 g/mol. The monoisotopic (exact) mass is 424 g/mol. The zero-order valence-electron chi connectivity index (χ0n) is 16.3. The molecule has 0 aliphatic rings. The predicted molar refractivity (Wildman–Crippen MR) is 101 cm³/mol. The van der Waals surface area contributed by atoms with Gasteiger partial charge >= 0.3 is 6.18 Å². The zero-order valence-corrected chi connectivity index (χ0v) is 16.3. The number of halogens is 4. The van der Waals surface area contributed by atoms with Crippen LogP contribution in [-0.4, -0.2) is 29.6 Å². The fourth-order valence-electron chi connectivity index (χ4n) is 2.71. The van der Waals surface area contributed by atoms with Crippen LogP contribution in [0.3, 0.4) is 0 Å². The van der Waals surface area contributed by atoms with E-state index in [4.69, 9.17) is 10.00 Å². The summed E-state index contributed by atoms with van der Waals surface area (Å²) >= 11 is 0. The van der Waals surface area contributed by atoms with Gasteiger partial charge in [0, 0.05) is 18.2 Å². The fraction of sp³-hybridized carbons (Fsp3) is 0.333. The Kier molecular flexibility index (Phi) is 7.05. The van der Waals surface area contributed by atoms with E-state index in [-0.39, 0.29) is 24.6 Å². The second-order valence-electron chi connectivity index (χ2n) is 7.03. The third kappa shape index (κ3) is 5.94. The van der Waals surface area contributed by atoms with Gasteiger partial charge in [0.1, 0.15) is 18.2 Å². The molecule has 2 rings (SSSR count). The lowest BCUT2D eigenvalue weighted by molar-refractivity contribution is -0.142. The third-order valence-electron chi connectivity index (χ3n) is 4.37. The van der Waals surface area contributed by atoms with Gasteiger partial charge in [0.05, 0.1) is 17.2 Å². The van der Waals surface area contributed by atoms with E-state index in [0.29, 0.717) is 0 Å². The second kappa shape index (κ2) is 9.13. The molecule has 0 spiro atoms. The Morgan fingerprint density at radius 3 is 2.43 bits per heavy atom. The predicted octanol–water partition coefficient (Wildman–Crippen LogP) is 4.16. The molecule has 2 N–H and O–H groups in total. The number of nitrogens with zero attached hydrogens (tertiary/aromatic N) is 1. The van der Waals surface area contributed by atoms with Gasteiger partial charge in [-0.2, -0.15) is 18.4 Å². The van der Waals surface area contributed by atoms with Crippen LogP contribution >= 0.6 is 0 Å². The van der Waals surface area contributed by atoms with Crippen molar-refractivity contribution in [3.05, 3.63) is 59.4 Å². The smallest absolute Gasteiger partial charge is 0.417 e. The summed E-state index contributed by atoms with van der Waals surface area (Å²) in [6.07, 6.45) is -4.69. The lowest BCUT2D eigenvalue weighted by Crippen LogP contribution is -2.45. The van der Waals surface area contributed by atoms with Crippen LogP contribution in [0.2, 0.25) is 0 Å². The van der Waals surface area contributed by atoms with E-state index in [2.05, 4.69) is 5.32 Å². The van der Waals surface area contributed by atoms with Crippen LogP contribution in [0.15, 0.2) is 42.5 Å². The fourth-order valence-corrected chi connectivity index (χ4v) is 2.71. The van der Waals surface area contributed by atoms with Crippen molar-refractivity contribution in [1.29, 1.82) is 5.26 Å². The number of anilines is 1. The lowest BCUT2D eigenvalue weighted by Gasteiger charge is -2.26. The van der Waals surface area contributed by atoms with Crippen LogP contribution in [0, 0.1) is 23.1 Å². The van der Waals surface area contributed by atoms with Gasteiger partial charge in [-0.25, -0.2) is 4.39 Å². The van der Waals surface area contributed by atoms with Gasteiger partial charge in [0.15, 0.2) is 11.4 Å². The van der Waals surface area contributed by atoms with Crippen LogP contribution in [-0.2, 0) is 11.0 Å². The Morgan fingerprint density at radius 1 is 1.23 bits per heavy atom. The van der Waals surface area contributed by atoms with Gasteiger partial charge < -0.3 is 15.2 Å². The molecule has 0 saturated heterocycles. The molecule has 0 saturated carbocycles. The molecule has 2 atom stereocenters. The second-order valence-corrected chi connectivity index (χ2v) is 7.03. The summed E-state index contributed by atoms with van der Waals surface area (Å²) in [7, 11) is 0. The van der Waals surface area contributed by atoms with Gasteiger partial charge in [-0.3, -0.25) is 4.79 Å². The first-order valence-electron chi connectivity index (χ1n) is 8.94. The van der Waals surface area contributed by atoms with Crippen LogP contribution in [0.1, 0.15) is 25.0 Å². The van der Waals surface area contributed by atoms with E-state index in [9.17, 15) is 27.5 Å². The number of Topliss-reactive ketones (excluding diaryl/α,β-unsaturated/α-hetero) is 1. The maximum atomic E-state index is 13.0. The highest BCUT2D eigenvalue weighted by molar-refractivity contribution is 5.89. The molecule has 30 heavy (non-hydrogen) atoms. The van der Waals surface area contributed by atoms with Crippen molar-refractivity contribution in [3.63, 3.8) is 0 Å². The highest BCUT2D eigenvalue weighted by atomic mass is 19.4. The van der Waals surface area contributed by atoms with Crippen LogP contribution in [0.5, 0.6) is 5.75 Å². The van der Waals surface area contributed by atoms with Crippen LogP contribution < -0.4 is 10.1 Å². The molecular weight excluding hydrogens is 404 g/mol. The first kappa shape index (κ1) is 23.2. The normalized spacial score (nSPS) is 14.3. The van der Waals surface area contributed by atoms with Crippen molar-refractivity contribution in [2.75, 3.05) is 18.5 Å². The molecule has 0 heterocycles. The maximum absolute atomic E-state index is 13.0. The van der Waals surface area contributed by atoms with Gasteiger partial charge in [-0.15, -0.1) is 0 Å². The molecule has 160 valence electrons. The molecule has 0 bridgehead atoms. The average Bonchev–Trinajstić information content (AvgIpc) is 2.70. The van der Waals surface area contributed by atoms with E-state index in [1.807, 2.05) is 0 Å². The highest BCUT2D eigenvalue weighted by Crippen LogP contribution is 2.33. The van der Waals surface area contributed by atoms with E-state index in [1.165, 1.54) is 50.2 Å². The van der Waals surface area contributed by atoms with E-state index < -0.39 is 40.4 Å². The number of carbonyl (C=O) groups is 1. The minimum atomic E-state index is -4.69. The van der Waals surface area contributed by atoms with Crippen molar-refractivity contribution in [2.24, 2.45) is 5.92 Å². The maximum Gasteiger partial charge on any atom is 0.417 e. The lowest BCUT2D eigenvalue weighted by atomic mass is 9.91. The standard InChI is InChI=1S/C21H20F4N2O3/c1-13(11-27-16-6-3-14(10-26)18(9-16)21(23,24)25)19(28)20(2,29)12-30-17-7-4-15(22)5-8-17/h3-9,13,27,29H,11-12H2,1-2H3/t13?,20-/m0/s1. The van der Waals surface area contributed by atoms with Crippen LogP contribution in [0.4, 0.5) is 23.2 Å². The summed E-state index contributed by atoms with van der Waals surface area (Å²) in [5.41, 5.74) is -3.35. The number of nitrogens with one attached hydrogen (secondary N) is 1. The number of benzene rings is 2. The molecule has 1 unspecified atom stereocenters. The Balaban J connectivity index is 1.99. The van der Waals surface area contributed by atoms with Crippen molar-refractivity contribution < 1.29 is 32.2 Å². The zero-order chi connectivity index (χ0) is 22.5. The first-order chi connectivity index (χ1) is 13.9. The van der Waals surface area contributed by atoms with Crippen molar-refractivity contribution in [1.82, 2.24) is 0 Å². The number of ketones is 1. The molecule has 0 aliphatic heterocycles. The largest absolute Gasteiger partial charge is 0.490 e. The molecule has 0 amide bonds. The quantitative estimate of drug-likeness (QED) is 0.622. The van der Waals surface area contributed by atoms with E-state index >= 15 is 0 Å². The van der Waals surface area contributed by atoms with E-state index in [1.54, 1.807) is 0 Å². The Hall–Kier alpha value is -3.12. The molecule has 5 nitrogen and oxygen atoms in total. The summed E-state index contributed by atoms with van der Waals surface area (Å²) in [6, 6.07) is 9.69. The minimum Gasteiger partial charge on any atom is -0.490 e. The van der Waals surface area contributed by atoms with Crippen molar-refractivity contribution in [3.8, 4) is 11.8 Å². The summed E-state index contributed by atoms with van der Waals surface area (Å²) in [6.45, 7) is 2.35. The number of ether oxygens (including phenoxy) is 1. The summed E-state index contributed by atoms with van der Waals surface area (Å²) in [5, 5.41) is 22.0. The van der Waals surface area contributed by atoms with Gasteiger partial charge in [0.25, 0.3) is 0 Å². The molecule has 0 radical (unpaired) electrons. The van der Waals surface area contributed by atoms with Crippen molar-refractivity contribution in [2.45, 2.75) is 25.6 Å². The Labute approximate surface area is 170 Å². The van der Waals surface area contributed by atoms with E-state index in [0.717, 1.165) is 12.1 Å². The molecule has 0 fully saturated rings. The third-order valence-corrected chi connectivity index (χ3v) is 4.37. The molecule has 0 aromatic heterocycles. The highest BCUT2D eigenvalue weighted by Gasteiger charge is 2.35. The number of aliphatic hydroxyl groups is 1. The number of rotatable bonds is 8. The molecule has 9 heteroatoms. The first-order valence-corrected chi connectivity index (χ1v) is 8.94. The summed E-state index contributed by atoms with van der Waals surface area (Å²) in [4.78, 5) is 12.5. The van der Waals surface area contributed by atoms with Gasteiger partial charge in [0.2, 0.25) is 0 Å². The summed E-state index contributed by atoms with van der Waals surface area (Å²) in [5.74, 6) is -1.53. The molecular formula is C21H20F4N2O3. The minimum absolute atomic E-state index is 0.0469. The topological polar surface area (TPSA) is 82.4 Å². The van der Waals surface area contributed by atoms with Crippen molar-refractivity contribution >= 4 is 11.5 Å². The van der Waals surface area contributed by atoms with Gasteiger partial charge in [-0.05, 0) is 49.4 Å². The SMILES string of the molecule is CC(CNc1ccc(C#N)c(C(F)(F)F)c1)C(=O)[C@@](C)(O)COc1ccc(F)cc1.